The van der Waals surface area contributed by atoms with Crippen molar-refractivity contribution in [2.75, 3.05) is 32.7 Å². The van der Waals surface area contributed by atoms with E-state index in [1.807, 2.05) is 34.7 Å². The molecule has 1 saturated heterocycles. The summed E-state index contributed by atoms with van der Waals surface area (Å²) >= 11 is 0. The summed E-state index contributed by atoms with van der Waals surface area (Å²) in [6, 6.07) is 3.74. The number of amides is 1. The van der Waals surface area contributed by atoms with E-state index in [0.29, 0.717) is 19.6 Å². The summed E-state index contributed by atoms with van der Waals surface area (Å²) in [7, 11) is 0. The molecule has 0 saturated carbocycles. The first-order valence-corrected chi connectivity index (χ1v) is 7.00. The van der Waals surface area contributed by atoms with Gasteiger partial charge in [0, 0.05) is 45.5 Å². The topological polar surface area (TPSA) is 65.8 Å². The van der Waals surface area contributed by atoms with Gasteiger partial charge in [-0.15, -0.1) is 0 Å². The highest BCUT2D eigenvalue weighted by Crippen LogP contribution is 2.10. The maximum absolute atomic E-state index is 12.4. The van der Waals surface area contributed by atoms with E-state index in [4.69, 9.17) is 5.11 Å². The Morgan fingerprint density at radius 1 is 1.25 bits per heavy atom. The summed E-state index contributed by atoms with van der Waals surface area (Å²) in [4.78, 5) is 26.9. The smallest absolute Gasteiger partial charge is 0.304 e. The Morgan fingerprint density at radius 2 is 1.95 bits per heavy atom. The molecule has 2 rings (SSSR count). The molecule has 1 amide bonds. The number of hydrogen-bond acceptors (Lipinski definition) is 3. The predicted octanol–water partition coefficient (Wildman–Crippen LogP) is 0.740. The van der Waals surface area contributed by atoms with Crippen molar-refractivity contribution >= 4 is 11.9 Å². The summed E-state index contributed by atoms with van der Waals surface area (Å²) in [5, 5.41) is 8.67. The van der Waals surface area contributed by atoms with E-state index in [1.165, 1.54) is 0 Å². The third kappa shape index (κ3) is 3.39. The normalized spacial score (nSPS) is 16.4. The molecule has 0 bridgehead atoms. The first-order valence-electron chi connectivity index (χ1n) is 7.00. The third-order valence-corrected chi connectivity index (χ3v) is 3.69. The van der Waals surface area contributed by atoms with Crippen molar-refractivity contribution in [3.63, 3.8) is 0 Å². The highest BCUT2D eigenvalue weighted by atomic mass is 16.4. The SMILES string of the molecule is CCn1cccc1C(=O)N1CCN(CCC(=O)O)CC1. The molecule has 1 aliphatic heterocycles. The Hall–Kier alpha value is -1.82. The highest BCUT2D eigenvalue weighted by Gasteiger charge is 2.23. The molecule has 0 spiro atoms. The number of carboxylic acid groups (broad SMARTS) is 1. The number of carbonyl (C=O) groups excluding carboxylic acids is 1. The molecule has 0 atom stereocenters. The summed E-state index contributed by atoms with van der Waals surface area (Å²) in [6.45, 7) is 6.16. The number of aryl methyl sites for hydroxylation is 1. The number of carbonyl (C=O) groups is 2. The van der Waals surface area contributed by atoms with Gasteiger partial charge in [-0.2, -0.15) is 0 Å². The van der Waals surface area contributed by atoms with Crippen LogP contribution in [0.5, 0.6) is 0 Å². The van der Waals surface area contributed by atoms with Gasteiger partial charge in [-0.1, -0.05) is 0 Å². The molecular formula is C14H21N3O3. The average molecular weight is 279 g/mol. The first-order chi connectivity index (χ1) is 9.61. The van der Waals surface area contributed by atoms with Gasteiger partial charge in [0.25, 0.3) is 5.91 Å². The number of hydrogen-bond donors (Lipinski definition) is 1. The Morgan fingerprint density at radius 3 is 2.55 bits per heavy atom. The van der Waals surface area contributed by atoms with Crippen LogP contribution in [-0.2, 0) is 11.3 Å². The van der Waals surface area contributed by atoms with E-state index < -0.39 is 5.97 Å². The van der Waals surface area contributed by atoms with Crippen molar-refractivity contribution in [1.29, 1.82) is 0 Å². The molecule has 6 nitrogen and oxygen atoms in total. The minimum absolute atomic E-state index is 0.0646. The first kappa shape index (κ1) is 14.6. The third-order valence-electron chi connectivity index (χ3n) is 3.69. The van der Waals surface area contributed by atoms with Crippen LogP contribution in [0, 0.1) is 0 Å². The minimum Gasteiger partial charge on any atom is -0.481 e. The number of aromatic nitrogens is 1. The van der Waals surface area contributed by atoms with Crippen LogP contribution in [0.25, 0.3) is 0 Å². The van der Waals surface area contributed by atoms with Crippen LogP contribution in [0.1, 0.15) is 23.8 Å². The van der Waals surface area contributed by atoms with E-state index in [9.17, 15) is 9.59 Å². The van der Waals surface area contributed by atoms with Crippen LogP contribution in [-0.4, -0.2) is 64.1 Å². The standard InChI is InChI=1S/C14H21N3O3/c1-2-16-6-3-4-12(16)14(20)17-10-8-15(9-11-17)7-5-13(18)19/h3-4,6H,2,5,7-11H2,1H3,(H,18,19). The molecule has 1 N–H and O–H groups in total. The van der Waals surface area contributed by atoms with Crippen LogP contribution in [0.3, 0.4) is 0 Å². The van der Waals surface area contributed by atoms with E-state index in [0.717, 1.165) is 25.3 Å². The lowest BCUT2D eigenvalue weighted by molar-refractivity contribution is -0.137. The number of piperazine rings is 1. The Balaban J connectivity index is 1.87. The van der Waals surface area contributed by atoms with Crippen LogP contribution < -0.4 is 0 Å². The second-order valence-corrected chi connectivity index (χ2v) is 4.96. The monoisotopic (exact) mass is 279 g/mol. The van der Waals surface area contributed by atoms with Crippen LogP contribution >= 0.6 is 0 Å². The quantitative estimate of drug-likeness (QED) is 0.863. The van der Waals surface area contributed by atoms with Crippen molar-refractivity contribution in [3.05, 3.63) is 24.0 Å². The number of nitrogens with zero attached hydrogens (tertiary/aromatic N) is 3. The van der Waals surface area contributed by atoms with Gasteiger partial charge in [0.05, 0.1) is 6.42 Å². The van der Waals surface area contributed by atoms with E-state index in [-0.39, 0.29) is 12.3 Å². The lowest BCUT2D eigenvalue weighted by Gasteiger charge is -2.34. The Bertz CT molecular complexity index is 476. The zero-order valence-electron chi connectivity index (χ0n) is 11.8. The number of rotatable bonds is 5. The number of carboxylic acids is 1. The maximum Gasteiger partial charge on any atom is 0.304 e. The molecule has 2 heterocycles. The largest absolute Gasteiger partial charge is 0.481 e. The zero-order chi connectivity index (χ0) is 14.5. The van der Waals surface area contributed by atoms with Gasteiger partial charge in [0.15, 0.2) is 0 Å². The maximum atomic E-state index is 12.4. The van der Waals surface area contributed by atoms with E-state index in [2.05, 4.69) is 4.90 Å². The second-order valence-electron chi connectivity index (χ2n) is 4.96. The molecular weight excluding hydrogens is 258 g/mol. The van der Waals surface area contributed by atoms with Crippen molar-refractivity contribution in [3.8, 4) is 0 Å². The fourth-order valence-corrected chi connectivity index (χ4v) is 2.47. The molecule has 0 aromatic carbocycles. The Labute approximate surface area is 118 Å². The molecule has 6 heteroatoms. The lowest BCUT2D eigenvalue weighted by Crippen LogP contribution is -2.49. The van der Waals surface area contributed by atoms with Gasteiger partial charge in [0.1, 0.15) is 5.69 Å². The fraction of sp³-hybridized carbons (Fsp3) is 0.571. The molecule has 20 heavy (non-hydrogen) atoms. The molecule has 1 aliphatic rings. The van der Waals surface area contributed by atoms with Crippen LogP contribution in [0.15, 0.2) is 18.3 Å². The van der Waals surface area contributed by atoms with E-state index >= 15 is 0 Å². The van der Waals surface area contributed by atoms with Gasteiger partial charge in [0.2, 0.25) is 0 Å². The molecule has 0 radical (unpaired) electrons. The minimum atomic E-state index is -0.774. The average Bonchev–Trinajstić information content (AvgIpc) is 2.93. The summed E-state index contributed by atoms with van der Waals surface area (Å²) in [5.74, 6) is -0.709. The summed E-state index contributed by atoms with van der Waals surface area (Å²) in [5.41, 5.74) is 0.728. The van der Waals surface area contributed by atoms with Crippen molar-refractivity contribution in [1.82, 2.24) is 14.4 Å². The zero-order valence-corrected chi connectivity index (χ0v) is 11.8. The molecule has 1 aromatic rings. The molecule has 0 aliphatic carbocycles. The Kier molecular flexibility index (Phi) is 4.79. The van der Waals surface area contributed by atoms with Crippen LogP contribution in [0.2, 0.25) is 0 Å². The van der Waals surface area contributed by atoms with Crippen molar-refractivity contribution in [2.45, 2.75) is 19.9 Å². The summed E-state index contributed by atoms with van der Waals surface area (Å²) in [6.07, 6.45) is 2.07. The van der Waals surface area contributed by atoms with Gasteiger partial charge in [-0.3, -0.25) is 14.5 Å². The molecule has 1 fully saturated rings. The van der Waals surface area contributed by atoms with Gasteiger partial charge < -0.3 is 14.6 Å². The van der Waals surface area contributed by atoms with Gasteiger partial charge in [-0.25, -0.2) is 0 Å². The van der Waals surface area contributed by atoms with Gasteiger partial charge in [-0.05, 0) is 19.1 Å². The highest BCUT2D eigenvalue weighted by molar-refractivity contribution is 5.92. The molecule has 110 valence electrons. The fourth-order valence-electron chi connectivity index (χ4n) is 2.47. The van der Waals surface area contributed by atoms with E-state index in [1.54, 1.807) is 0 Å². The second kappa shape index (κ2) is 6.56. The van der Waals surface area contributed by atoms with Gasteiger partial charge >= 0.3 is 5.97 Å². The lowest BCUT2D eigenvalue weighted by atomic mass is 10.2. The number of aliphatic carboxylic acids is 1. The predicted molar refractivity (Wildman–Crippen MR) is 74.7 cm³/mol. The van der Waals surface area contributed by atoms with Crippen molar-refractivity contribution in [2.24, 2.45) is 0 Å². The molecule has 1 aromatic heterocycles. The molecule has 0 unspecified atom stereocenters. The van der Waals surface area contributed by atoms with Crippen LogP contribution in [0.4, 0.5) is 0 Å². The van der Waals surface area contributed by atoms with Crippen molar-refractivity contribution < 1.29 is 14.7 Å². The summed E-state index contributed by atoms with van der Waals surface area (Å²) < 4.78 is 1.94.